The molecular formula is C25H25N3O3S. The maximum absolute atomic E-state index is 13.5. The molecule has 0 N–H and O–H groups in total. The molecule has 1 aromatic heterocycles. The van der Waals surface area contributed by atoms with Crippen LogP contribution in [-0.2, 0) is 11.2 Å². The van der Waals surface area contributed by atoms with Crippen LogP contribution in [0.3, 0.4) is 0 Å². The maximum atomic E-state index is 13.5. The number of fused-ring (bicyclic) bond motifs is 3. The molecule has 0 atom stereocenters. The van der Waals surface area contributed by atoms with Crippen molar-refractivity contribution < 1.29 is 14.3 Å². The van der Waals surface area contributed by atoms with E-state index in [1.807, 2.05) is 55.4 Å². The molecule has 1 aliphatic heterocycles. The van der Waals surface area contributed by atoms with Gasteiger partial charge in [-0.3, -0.25) is 9.69 Å². The number of hydrogen-bond acceptors (Lipinski definition) is 6. The lowest BCUT2D eigenvalue weighted by atomic mass is 10.0. The first-order valence-corrected chi connectivity index (χ1v) is 11.5. The van der Waals surface area contributed by atoms with Crippen LogP contribution < -0.4 is 14.4 Å². The van der Waals surface area contributed by atoms with Gasteiger partial charge in [0.2, 0.25) is 5.91 Å². The van der Waals surface area contributed by atoms with Crippen LogP contribution >= 0.6 is 11.3 Å². The Hall–Kier alpha value is -3.16. The van der Waals surface area contributed by atoms with Gasteiger partial charge in [-0.25, -0.2) is 4.98 Å². The Morgan fingerprint density at radius 2 is 1.75 bits per heavy atom. The number of amides is 1. The monoisotopic (exact) mass is 447 g/mol. The maximum Gasteiger partial charge on any atom is 0.233 e. The molecule has 0 saturated carbocycles. The second kappa shape index (κ2) is 8.76. The molecule has 32 heavy (non-hydrogen) atoms. The number of carbonyl (C=O) groups excluding carboxylic acids is 1. The summed E-state index contributed by atoms with van der Waals surface area (Å²) in [4.78, 5) is 22.2. The Morgan fingerprint density at radius 1 is 1.00 bits per heavy atom. The third kappa shape index (κ3) is 4.13. The number of aromatic nitrogens is 1. The molecule has 1 aliphatic rings. The van der Waals surface area contributed by atoms with Crippen molar-refractivity contribution in [3.63, 3.8) is 0 Å². The summed E-state index contributed by atoms with van der Waals surface area (Å²) >= 11 is 1.51. The van der Waals surface area contributed by atoms with E-state index in [0.29, 0.717) is 37.1 Å². The number of benzene rings is 3. The lowest BCUT2D eigenvalue weighted by molar-refractivity contribution is -0.118. The number of rotatable bonds is 6. The van der Waals surface area contributed by atoms with Crippen molar-refractivity contribution in [1.29, 1.82) is 0 Å². The summed E-state index contributed by atoms with van der Waals surface area (Å²) in [6.07, 6.45) is 0.327. The van der Waals surface area contributed by atoms with Gasteiger partial charge in [0.05, 0.1) is 16.6 Å². The van der Waals surface area contributed by atoms with Gasteiger partial charge in [0.25, 0.3) is 0 Å². The summed E-state index contributed by atoms with van der Waals surface area (Å²) in [6.45, 7) is 2.40. The van der Waals surface area contributed by atoms with E-state index in [0.717, 1.165) is 38.8 Å². The Labute approximate surface area is 191 Å². The molecule has 1 amide bonds. The van der Waals surface area contributed by atoms with Crippen LogP contribution in [0.4, 0.5) is 5.13 Å². The van der Waals surface area contributed by atoms with Crippen molar-refractivity contribution in [3.05, 3.63) is 60.2 Å². The number of thiazole rings is 1. The predicted octanol–water partition coefficient (Wildman–Crippen LogP) is 4.36. The van der Waals surface area contributed by atoms with Crippen molar-refractivity contribution in [2.24, 2.45) is 0 Å². The summed E-state index contributed by atoms with van der Waals surface area (Å²) < 4.78 is 12.4. The van der Waals surface area contributed by atoms with Gasteiger partial charge in [-0.1, -0.05) is 53.8 Å². The second-order valence-corrected chi connectivity index (χ2v) is 9.13. The Morgan fingerprint density at radius 3 is 2.56 bits per heavy atom. The first kappa shape index (κ1) is 20.7. The van der Waals surface area contributed by atoms with Crippen molar-refractivity contribution in [3.8, 4) is 11.5 Å². The van der Waals surface area contributed by atoms with E-state index in [2.05, 4.69) is 23.1 Å². The van der Waals surface area contributed by atoms with E-state index in [9.17, 15) is 4.79 Å². The second-order valence-electron chi connectivity index (χ2n) is 8.12. The van der Waals surface area contributed by atoms with Gasteiger partial charge in [0.1, 0.15) is 13.2 Å². The van der Waals surface area contributed by atoms with Crippen LogP contribution in [0.2, 0.25) is 0 Å². The van der Waals surface area contributed by atoms with E-state index in [4.69, 9.17) is 14.5 Å². The molecule has 4 aromatic rings. The number of nitrogens with zero attached hydrogens (tertiary/aromatic N) is 3. The molecule has 7 heteroatoms. The summed E-state index contributed by atoms with van der Waals surface area (Å²) in [5.74, 6) is 1.49. The molecule has 164 valence electrons. The van der Waals surface area contributed by atoms with Crippen molar-refractivity contribution in [1.82, 2.24) is 9.88 Å². The average molecular weight is 448 g/mol. The highest BCUT2D eigenvalue weighted by atomic mass is 32.1. The molecule has 0 unspecified atom stereocenters. The summed E-state index contributed by atoms with van der Waals surface area (Å²) in [5.41, 5.74) is 1.85. The Balaban J connectivity index is 1.48. The van der Waals surface area contributed by atoms with E-state index < -0.39 is 0 Å². The quantitative estimate of drug-likeness (QED) is 0.440. The minimum absolute atomic E-state index is 0.0412. The number of hydrogen-bond donors (Lipinski definition) is 0. The standard InChI is InChI=1S/C25H25N3O3S/c1-27(2)10-11-28(24(29)14-18-8-5-7-17-6-3-4-9-19(17)18)25-26-20-15-21-22(16-23(20)32-25)31-13-12-30-21/h3-9,15-16H,10-14H2,1-2H3. The first-order chi connectivity index (χ1) is 15.6. The highest BCUT2D eigenvalue weighted by Crippen LogP contribution is 2.39. The molecule has 0 saturated heterocycles. The lowest BCUT2D eigenvalue weighted by Crippen LogP contribution is -2.37. The molecule has 6 nitrogen and oxygen atoms in total. The topological polar surface area (TPSA) is 54.9 Å². The van der Waals surface area contributed by atoms with Gasteiger partial charge in [-0.05, 0) is 30.4 Å². The Bertz CT molecular complexity index is 1240. The highest BCUT2D eigenvalue weighted by Gasteiger charge is 2.22. The number of likely N-dealkylation sites (N-methyl/N-ethyl adjacent to an activating group) is 1. The SMILES string of the molecule is CN(C)CCN(C(=O)Cc1cccc2ccccc12)c1nc2cc3c(cc2s1)OCCO3. The van der Waals surface area contributed by atoms with E-state index in [-0.39, 0.29) is 5.91 Å². The fourth-order valence-electron chi connectivity index (χ4n) is 3.90. The van der Waals surface area contributed by atoms with Gasteiger partial charge in [0, 0.05) is 25.2 Å². The third-order valence-corrected chi connectivity index (χ3v) is 6.61. The fraction of sp³-hybridized carbons (Fsp3) is 0.280. The van der Waals surface area contributed by atoms with Crippen molar-refractivity contribution >= 4 is 43.4 Å². The predicted molar refractivity (Wildman–Crippen MR) is 129 cm³/mol. The summed E-state index contributed by atoms with van der Waals surface area (Å²) in [7, 11) is 4.02. The van der Waals surface area contributed by atoms with Crippen LogP contribution in [0.15, 0.2) is 54.6 Å². The number of anilines is 1. The minimum atomic E-state index is 0.0412. The van der Waals surface area contributed by atoms with Gasteiger partial charge in [0.15, 0.2) is 16.6 Å². The van der Waals surface area contributed by atoms with Crippen LogP contribution in [0.1, 0.15) is 5.56 Å². The van der Waals surface area contributed by atoms with Gasteiger partial charge < -0.3 is 14.4 Å². The van der Waals surface area contributed by atoms with Crippen LogP contribution in [0.25, 0.3) is 21.0 Å². The largest absolute Gasteiger partial charge is 0.486 e. The molecule has 0 bridgehead atoms. The molecule has 0 radical (unpaired) electrons. The molecule has 2 heterocycles. The third-order valence-electron chi connectivity index (χ3n) is 5.57. The first-order valence-electron chi connectivity index (χ1n) is 10.7. The summed E-state index contributed by atoms with van der Waals surface area (Å²) in [6, 6.07) is 18.2. The van der Waals surface area contributed by atoms with Crippen LogP contribution in [-0.4, -0.2) is 56.2 Å². The van der Waals surface area contributed by atoms with Gasteiger partial charge >= 0.3 is 0 Å². The smallest absolute Gasteiger partial charge is 0.233 e. The van der Waals surface area contributed by atoms with Gasteiger partial charge in [-0.2, -0.15) is 0 Å². The summed E-state index contributed by atoms with van der Waals surface area (Å²) in [5, 5.41) is 2.96. The highest BCUT2D eigenvalue weighted by molar-refractivity contribution is 7.22. The molecule has 0 fully saturated rings. The normalized spacial score (nSPS) is 13.1. The molecule has 0 aliphatic carbocycles. The molecular weight excluding hydrogens is 422 g/mol. The van der Waals surface area contributed by atoms with Gasteiger partial charge in [-0.15, -0.1) is 0 Å². The van der Waals surface area contributed by atoms with Crippen LogP contribution in [0, 0.1) is 0 Å². The molecule has 5 rings (SSSR count). The number of ether oxygens (including phenoxy) is 2. The minimum Gasteiger partial charge on any atom is -0.486 e. The van der Waals surface area contributed by atoms with E-state index in [1.54, 1.807) is 0 Å². The van der Waals surface area contributed by atoms with E-state index >= 15 is 0 Å². The molecule has 0 spiro atoms. The average Bonchev–Trinajstić information content (AvgIpc) is 3.20. The van der Waals surface area contributed by atoms with E-state index in [1.165, 1.54) is 11.3 Å². The zero-order valence-electron chi connectivity index (χ0n) is 18.2. The molecule has 3 aromatic carbocycles. The lowest BCUT2D eigenvalue weighted by Gasteiger charge is -2.22. The Kier molecular flexibility index (Phi) is 5.68. The van der Waals surface area contributed by atoms with Crippen LogP contribution in [0.5, 0.6) is 11.5 Å². The zero-order valence-corrected chi connectivity index (χ0v) is 19.0. The van der Waals surface area contributed by atoms with Crippen molar-refractivity contribution in [2.45, 2.75) is 6.42 Å². The zero-order chi connectivity index (χ0) is 22.1. The number of carbonyl (C=O) groups is 1. The van der Waals surface area contributed by atoms with Crippen molar-refractivity contribution in [2.75, 3.05) is 45.3 Å². The fourth-order valence-corrected chi connectivity index (χ4v) is 4.92.